The Hall–Kier alpha value is -2.93. The second-order valence-corrected chi connectivity index (χ2v) is 8.50. The third kappa shape index (κ3) is 3.75. The maximum absolute atomic E-state index is 14.8. The van der Waals surface area contributed by atoms with Crippen molar-refractivity contribution in [1.29, 1.82) is 0 Å². The number of pyridine rings is 1. The Morgan fingerprint density at radius 3 is 2.56 bits per heavy atom. The van der Waals surface area contributed by atoms with Crippen molar-refractivity contribution >= 4 is 46.2 Å². The zero-order valence-corrected chi connectivity index (χ0v) is 18.8. The topological polar surface area (TPSA) is 41.3 Å². The smallest absolute Gasteiger partial charge is 0.174 e. The van der Waals surface area contributed by atoms with Crippen molar-refractivity contribution in [3.05, 3.63) is 106 Å². The van der Waals surface area contributed by atoms with Crippen LogP contribution in [-0.4, -0.2) is 10.1 Å². The lowest BCUT2D eigenvalue weighted by atomic mass is 10.0. The number of nitrogens with zero attached hydrogens (tertiary/aromatic N) is 2. The minimum absolute atomic E-state index is 0.344. The van der Waals surface area contributed by atoms with Crippen LogP contribution in [0.15, 0.2) is 83.4 Å². The van der Waals surface area contributed by atoms with Gasteiger partial charge in [0.15, 0.2) is 5.11 Å². The van der Waals surface area contributed by atoms with Gasteiger partial charge in [0.2, 0.25) is 0 Å². The van der Waals surface area contributed by atoms with Crippen LogP contribution in [0.5, 0.6) is 0 Å². The lowest BCUT2D eigenvalue weighted by Gasteiger charge is -2.26. The average Bonchev–Trinajstić information content (AvgIpc) is 3.39. The summed E-state index contributed by atoms with van der Waals surface area (Å²) in [5.41, 5.74) is 1.83. The SMILES string of the molecule is Fc1ccccc1N1C(=S)NC(c2ccccn2)C1c1ccc(-c2ccc(Cl)cc2Cl)o1. The molecule has 2 aromatic heterocycles. The highest BCUT2D eigenvalue weighted by Crippen LogP contribution is 2.44. The van der Waals surface area contributed by atoms with Crippen LogP contribution in [0.2, 0.25) is 10.0 Å². The monoisotopic (exact) mass is 483 g/mol. The van der Waals surface area contributed by atoms with Crippen molar-refractivity contribution in [1.82, 2.24) is 10.3 Å². The lowest BCUT2D eigenvalue weighted by molar-refractivity contribution is 0.438. The summed E-state index contributed by atoms with van der Waals surface area (Å²) >= 11 is 18.0. The Labute approximate surface area is 199 Å². The van der Waals surface area contributed by atoms with Gasteiger partial charge in [0.1, 0.15) is 23.4 Å². The van der Waals surface area contributed by atoms with Gasteiger partial charge in [0, 0.05) is 16.8 Å². The van der Waals surface area contributed by atoms with Crippen LogP contribution in [0, 0.1) is 5.82 Å². The van der Waals surface area contributed by atoms with E-state index >= 15 is 0 Å². The van der Waals surface area contributed by atoms with Gasteiger partial charge < -0.3 is 14.6 Å². The fourth-order valence-corrected chi connectivity index (χ4v) is 4.74. The van der Waals surface area contributed by atoms with Crippen LogP contribution in [0.4, 0.5) is 10.1 Å². The number of thiocarbonyl (C=S) groups is 1. The zero-order valence-electron chi connectivity index (χ0n) is 16.5. The summed E-state index contributed by atoms with van der Waals surface area (Å²) in [6.45, 7) is 0. The van der Waals surface area contributed by atoms with Gasteiger partial charge >= 0.3 is 0 Å². The molecule has 0 saturated carbocycles. The van der Waals surface area contributed by atoms with E-state index in [9.17, 15) is 4.39 Å². The van der Waals surface area contributed by atoms with Crippen molar-refractivity contribution in [2.75, 3.05) is 4.90 Å². The molecule has 2 unspecified atom stereocenters. The van der Waals surface area contributed by atoms with Gasteiger partial charge in [0.05, 0.1) is 22.4 Å². The fourth-order valence-electron chi connectivity index (χ4n) is 3.90. The molecule has 0 bridgehead atoms. The van der Waals surface area contributed by atoms with Crippen molar-refractivity contribution < 1.29 is 8.81 Å². The molecule has 0 amide bonds. The van der Waals surface area contributed by atoms with Gasteiger partial charge in [-0.3, -0.25) is 4.98 Å². The number of rotatable bonds is 4. The molecule has 5 rings (SSSR count). The van der Waals surface area contributed by atoms with E-state index in [2.05, 4.69) is 10.3 Å². The van der Waals surface area contributed by atoms with Gasteiger partial charge in [-0.25, -0.2) is 4.39 Å². The first-order chi connectivity index (χ1) is 15.5. The predicted molar refractivity (Wildman–Crippen MR) is 128 cm³/mol. The summed E-state index contributed by atoms with van der Waals surface area (Å²) in [4.78, 5) is 6.22. The standard InChI is InChI=1S/C24H16Cl2FN3OS/c25-14-8-9-15(16(26)13-14)20-10-11-21(31-20)23-22(18-6-3-4-12-28-18)29-24(32)30(23)19-7-2-1-5-17(19)27/h1-13,22-23H,(H,29,32). The third-order valence-electron chi connectivity index (χ3n) is 5.32. The summed E-state index contributed by atoms with van der Waals surface area (Å²) < 4.78 is 21.0. The molecular formula is C24H16Cl2FN3OS. The van der Waals surface area contributed by atoms with Crippen LogP contribution >= 0.6 is 35.4 Å². The van der Waals surface area contributed by atoms with Crippen molar-refractivity contribution in [2.24, 2.45) is 0 Å². The van der Waals surface area contributed by atoms with E-state index < -0.39 is 6.04 Å². The second kappa shape index (κ2) is 8.54. The number of aromatic nitrogens is 1. The molecule has 8 heteroatoms. The van der Waals surface area contributed by atoms with E-state index in [-0.39, 0.29) is 11.9 Å². The maximum Gasteiger partial charge on any atom is 0.174 e. The highest BCUT2D eigenvalue weighted by Gasteiger charge is 2.43. The maximum atomic E-state index is 14.8. The summed E-state index contributed by atoms with van der Waals surface area (Å²) in [6, 6.07) is 20.2. The van der Waals surface area contributed by atoms with Gasteiger partial charge in [-0.2, -0.15) is 0 Å². The molecule has 1 fully saturated rings. The van der Waals surface area contributed by atoms with Crippen LogP contribution in [0.25, 0.3) is 11.3 Å². The molecule has 1 aliphatic rings. The van der Waals surface area contributed by atoms with E-state index in [1.165, 1.54) is 6.07 Å². The Morgan fingerprint density at radius 2 is 1.81 bits per heavy atom. The third-order valence-corrected chi connectivity index (χ3v) is 6.19. The van der Waals surface area contributed by atoms with Crippen LogP contribution in [-0.2, 0) is 0 Å². The van der Waals surface area contributed by atoms with E-state index in [0.717, 1.165) is 5.69 Å². The molecule has 3 heterocycles. The summed E-state index contributed by atoms with van der Waals surface area (Å²) in [5.74, 6) is 0.792. The molecule has 0 spiro atoms. The molecule has 1 N–H and O–H groups in total. The second-order valence-electron chi connectivity index (χ2n) is 7.27. The number of furan rings is 1. The van der Waals surface area contributed by atoms with Gasteiger partial charge in [-0.05, 0) is 66.8 Å². The number of para-hydroxylation sites is 1. The number of hydrogen-bond acceptors (Lipinski definition) is 3. The predicted octanol–water partition coefficient (Wildman–Crippen LogP) is 6.96. The molecule has 4 nitrogen and oxygen atoms in total. The van der Waals surface area contributed by atoms with E-state index in [1.807, 2.05) is 30.3 Å². The number of benzene rings is 2. The first-order valence-electron chi connectivity index (χ1n) is 9.83. The van der Waals surface area contributed by atoms with Crippen molar-refractivity contribution in [3.63, 3.8) is 0 Å². The minimum atomic E-state index is -0.464. The molecule has 0 aliphatic carbocycles. The van der Waals surface area contributed by atoms with E-state index in [0.29, 0.717) is 37.9 Å². The average molecular weight is 484 g/mol. The first-order valence-corrected chi connectivity index (χ1v) is 11.0. The Bertz CT molecular complexity index is 1300. The molecule has 2 atom stereocenters. The van der Waals surface area contributed by atoms with Crippen LogP contribution in [0.1, 0.15) is 23.5 Å². The molecule has 2 aromatic carbocycles. The molecule has 4 aromatic rings. The Morgan fingerprint density at radius 1 is 1.00 bits per heavy atom. The Balaban J connectivity index is 1.62. The summed E-state index contributed by atoms with van der Waals surface area (Å²) in [5, 5.41) is 4.69. The highest BCUT2D eigenvalue weighted by molar-refractivity contribution is 7.80. The quantitative estimate of drug-likeness (QED) is 0.317. The summed E-state index contributed by atoms with van der Waals surface area (Å²) in [7, 11) is 0. The summed E-state index contributed by atoms with van der Waals surface area (Å²) in [6.07, 6.45) is 1.71. The molecule has 0 radical (unpaired) electrons. The van der Waals surface area contributed by atoms with Gasteiger partial charge in [-0.1, -0.05) is 41.4 Å². The largest absolute Gasteiger partial charge is 0.459 e. The minimum Gasteiger partial charge on any atom is -0.459 e. The van der Waals surface area contributed by atoms with Crippen molar-refractivity contribution in [3.8, 4) is 11.3 Å². The number of hydrogen-bond donors (Lipinski definition) is 1. The van der Waals surface area contributed by atoms with E-state index in [1.54, 1.807) is 47.5 Å². The Kier molecular flexibility index (Phi) is 5.59. The van der Waals surface area contributed by atoms with E-state index in [4.69, 9.17) is 39.8 Å². The molecule has 32 heavy (non-hydrogen) atoms. The molecule has 1 saturated heterocycles. The molecule has 1 aliphatic heterocycles. The van der Waals surface area contributed by atoms with Crippen molar-refractivity contribution in [2.45, 2.75) is 12.1 Å². The number of nitrogens with one attached hydrogen (secondary N) is 1. The van der Waals surface area contributed by atoms with Crippen LogP contribution < -0.4 is 10.2 Å². The van der Waals surface area contributed by atoms with Gasteiger partial charge in [-0.15, -0.1) is 0 Å². The molecule has 160 valence electrons. The lowest BCUT2D eigenvalue weighted by Crippen LogP contribution is -2.30. The zero-order chi connectivity index (χ0) is 22.2. The highest BCUT2D eigenvalue weighted by atomic mass is 35.5. The number of halogens is 3. The van der Waals surface area contributed by atoms with Crippen LogP contribution in [0.3, 0.4) is 0 Å². The first kappa shape index (κ1) is 20.9. The molecular weight excluding hydrogens is 468 g/mol. The van der Waals surface area contributed by atoms with Gasteiger partial charge in [0.25, 0.3) is 0 Å². The normalized spacial score (nSPS) is 18.1. The fraction of sp³-hybridized carbons (Fsp3) is 0.0833. The number of anilines is 1.